The number of alkyl halides is 3. The van der Waals surface area contributed by atoms with Crippen LogP contribution in [0.25, 0.3) is 0 Å². The summed E-state index contributed by atoms with van der Waals surface area (Å²) in [5, 5.41) is 0.0305. The number of halogens is 5. The molecule has 0 atom stereocenters. The summed E-state index contributed by atoms with van der Waals surface area (Å²) < 4.78 is 40.2. The molecule has 8 heteroatoms. The Labute approximate surface area is 155 Å². The first-order valence-electron chi connectivity index (χ1n) is 7.54. The van der Waals surface area contributed by atoms with Crippen LogP contribution in [-0.2, 0) is 12.7 Å². The van der Waals surface area contributed by atoms with Crippen molar-refractivity contribution >= 4 is 33.4 Å². The standard InChI is InChI=1S/C17H13BrClF3N2O/c18-11-7-13(15(19)23-8-11)16(25)24(12-5-6-12)9-10-3-1-2-4-14(10)17(20,21)22/h1-4,7-8,12H,5-6,9H2. The van der Waals surface area contributed by atoms with Crippen molar-refractivity contribution in [2.24, 2.45) is 0 Å². The number of carbonyl (C=O) groups is 1. The topological polar surface area (TPSA) is 33.2 Å². The molecule has 1 amide bonds. The van der Waals surface area contributed by atoms with Gasteiger partial charge in [0.25, 0.3) is 5.91 Å². The third kappa shape index (κ3) is 4.15. The molecule has 3 nitrogen and oxygen atoms in total. The quantitative estimate of drug-likeness (QED) is 0.611. The number of pyridine rings is 1. The van der Waals surface area contributed by atoms with Crippen molar-refractivity contribution in [2.75, 3.05) is 0 Å². The van der Waals surface area contributed by atoms with Crippen molar-refractivity contribution in [1.82, 2.24) is 9.88 Å². The molecule has 1 heterocycles. The molecule has 1 fully saturated rings. The highest BCUT2D eigenvalue weighted by Gasteiger charge is 2.37. The van der Waals surface area contributed by atoms with Gasteiger partial charge in [0.1, 0.15) is 5.15 Å². The fourth-order valence-electron chi connectivity index (χ4n) is 2.60. The van der Waals surface area contributed by atoms with E-state index in [0.717, 1.165) is 18.9 Å². The van der Waals surface area contributed by atoms with E-state index in [2.05, 4.69) is 20.9 Å². The normalized spacial score (nSPS) is 14.4. The maximum Gasteiger partial charge on any atom is 0.416 e. The Morgan fingerprint density at radius 1 is 1.32 bits per heavy atom. The smallest absolute Gasteiger partial charge is 0.331 e. The minimum atomic E-state index is -4.47. The Kier molecular flexibility index (Phi) is 5.06. The van der Waals surface area contributed by atoms with Gasteiger partial charge in [0.05, 0.1) is 11.1 Å². The molecular formula is C17H13BrClF3N2O. The Hall–Kier alpha value is -1.60. The Balaban J connectivity index is 1.94. The number of carbonyl (C=O) groups excluding carboxylic acids is 1. The van der Waals surface area contributed by atoms with Gasteiger partial charge >= 0.3 is 6.18 Å². The first-order chi connectivity index (χ1) is 11.8. The van der Waals surface area contributed by atoms with Crippen LogP contribution in [0.5, 0.6) is 0 Å². The van der Waals surface area contributed by atoms with Crippen molar-refractivity contribution in [3.63, 3.8) is 0 Å². The minimum Gasteiger partial charge on any atom is -0.331 e. The predicted octanol–water partition coefficient (Wildman–Crippen LogP) is 5.32. The molecule has 0 saturated heterocycles. The lowest BCUT2D eigenvalue weighted by atomic mass is 10.1. The lowest BCUT2D eigenvalue weighted by molar-refractivity contribution is -0.138. The van der Waals surface area contributed by atoms with Crippen LogP contribution < -0.4 is 0 Å². The zero-order valence-corrected chi connectivity index (χ0v) is 15.2. The van der Waals surface area contributed by atoms with Gasteiger partial charge in [0.15, 0.2) is 0 Å². The molecule has 0 radical (unpaired) electrons. The Morgan fingerprint density at radius 2 is 2.00 bits per heavy atom. The zero-order chi connectivity index (χ0) is 18.2. The summed E-state index contributed by atoms with van der Waals surface area (Å²) in [7, 11) is 0. The van der Waals surface area contributed by atoms with Gasteiger partial charge < -0.3 is 4.90 Å². The van der Waals surface area contributed by atoms with Crippen LogP contribution in [0.1, 0.15) is 34.3 Å². The van der Waals surface area contributed by atoms with Crippen molar-refractivity contribution in [3.05, 3.63) is 62.8 Å². The van der Waals surface area contributed by atoms with Gasteiger partial charge in [-0.25, -0.2) is 4.98 Å². The molecule has 1 aliphatic rings. The average molecular weight is 434 g/mol. The highest BCUT2D eigenvalue weighted by Crippen LogP contribution is 2.36. The number of benzene rings is 1. The van der Waals surface area contributed by atoms with E-state index in [9.17, 15) is 18.0 Å². The van der Waals surface area contributed by atoms with E-state index in [4.69, 9.17) is 11.6 Å². The van der Waals surface area contributed by atoms with Crippen molar-refractivity contribution in [2.45, 2.75) is 31.6 Å². The van der Waals surface area contributed by atoms with E-state index < -0.39 is 17.6 Å². The second-order valence-electron chi connectivity index (χ2n) is 5.81. The van der Waals surface area contributed by atoms with Crippen LogP contribution in [0.15, 0.2) is 41.0 Å². The second-order valence-corrected chi connectivity index (χ2v) is 7.08. The van der Waals surface area contributed by atoms with Crippen LogP contribution in [0.3, 0.4) is 0 Å². The molecule has 0 aliphatic heterocycles. The Morgan fingerprint density at radius 3 is 2.64 bits per heavy atom. The molecule has 0 N–H and O–H groups in total. The molecule has 2 aromatic rings. The van der Waals surface area contributed by atoms with Crippen molar-refractivity contribution < 1.29 is 18.0 Å². The number of aromatic nitrogens is 1. The number of amides is 1. The molecule has 0 spiro atoms. The van der Waals surface area contributed by atoms with Crippen LogP contribution >= 0.6 is 27.5 Å². The van der Waals surface area contributed by atoms with Gasteiger partial charge in [0.2, 0.25) is 0 Å². The van der Waals surface area contributed by atoms with Gasteiger partial charge in [0, 0.05) is 23.3 Å². The van der Waals surface area contributed by atoms with Gasteiger partial charge in [-0.2, -0.15) is 13.2 Å². The van der Waals surface area contributed by atoms with Gasteiger partial charge in [-0.3, -0.25) is 4.79 Å². The summed E-state index contributed by atoms with van der Waals surface area (Å²) >= 11 is 9.24. The van der Waals surface area contributed by atoms with Crippen molar-refractivity contribution in [3.8, 4) is 0 Å². The number of hydrogen-bond acceptors (Lipinski definition) is 2. The lowest BCUT2D eigenvalue weighted by Gasteiger charge is -2.24. The summed E-state index contributed by atoms with van der Waals surface area (Å²) in [6.07, 6.45) is -1.48. The first kappa shape index (κ1) is 18.2. The molecule has 132 valence electrons. The van der Waals surface area contributed by atoms with Crippen LogP contribution in [0.2, 0.25) is 5.15 Å². The highest BCUT2D eigenvalue weighted by molar-refractivity contribution is 9.10. The highest BCUT2D eigenvalue weighted by atomic mass is 79.9. The molecule has 1 aromatic heterocycles. The summed E-state index contributed by atoms with van der Waals surface area (Å²) in [6.45, 7) is -0.123. The predicted molar refractivity (Wildman–Crippen MR) is 91.3 cm³/mol. The fraction of sp³-hybridized carbons (Fsp3) is 0.294. The molecule has 3 rings (SSSR count). The van der Waals surface area contributed by atoms with Gasteiger partial charge in [-0.1, -0.05) is 29.8 Å². The van der Waals surface area contributed by atoms with E-state index in [0.29, 0.717) is 4.47 Å². The van der Waals surface area contributed by atoms with E-state index in [1.54, 1.807) is 0 Å². The van der Waals surface area contributed by atoms with Crippen LogP contribution in [0.4, 0.5) is 13.2 Å². The second kappa shape index (κ2) is 6.96. The maximum absolute atomic E-state index is 13.2. The number of hydrogen-bond donors (Lipinski definition) is 0. The first-order valence-corrected chi connectivity index (χ1v) is 8.71. The third-order valence-corrected chi connectivity index (χ3v) is 4.68. The maximum atomic E-state index is 13.2. The van der Waals surface area contributed by atoms with Crippen LogP contribution in [0, 0.1) is 0 Å². The van der Waals surface area contributed by atoms with Gasteiger partial charge in [-0.15, -0.1) is 0 Å². The average Bonchev–Trinajstić information content (AvgIpc) is 3.38. The molecule has 1 saturated carbocycles. The van der Waals surface area contributed by atoms with E-state index in [1.165, 1.54) is 35.4 Å². The molecule has 1 aliphatic carbocycles. The van der Waals surface area contributed by atoms with E-state index >= 15 is 0 Å². The minimum absolute atomic E-state index is 0.0305. The largest absolute Gasteiger partial charge is 0.416 e. The number of rotatable bonds is 4. The zero-order valence-electron chi connectivity index (χ0n) is 12.9. The number of nitrogens with zero attached hydrogens (tertiary/aromatic N) is 2. The van der Waals surface area contributed by atoms with E-state index in [-0.39, 0.29) is 28.9 Å². The third-order valence-electron chi connectivity index (χ3n) is 3.95. The molecule has 0 unspecified atom stereocenters. The lowest BCUT2D eigenvalue weighted by Crippen LogP contribution is -2.33. The molecule has 25 heavy (non-hydrogen) atoms. The Bertz CT molecular complexity index is 809. The molecule has 0 bridgehead atoms. The van der Waals surface area contributed by atoms with Gasteiger partial charge in [-0.05, 0) is 46.5 Å². The SMILES string of the molecule is O=C(c1cc(Br)cnc1Cl)N(Cc1ccccc1C(F)(F)F)C1CC1. The van der Waals surface area contributed by atoms with E-state index in [1.807, 2.05) is 0 Å². The monoisotopic (exact) mass is 432 g/mol. The summed E-state index contributed by atoms with van der Waals surface area (Å²) in [5.74, 6) is -0.418. The fourth-order valence-corrected chi connectivity index (χ4v) is 3.11. The summed E-state index contributed by atoms with van der Waals surface area (Å²) in [6, 6.07) is 6.75. The summed E-state index contributed by atoms with van der Waals surface area (Å²) in [4.78, 5) is 18.2. The van der Waals surface area contributed by atoms with Crippen LogP contribution in [-0.4, -0.2) is 21.8 Å². The van der Waals surface area contributed by atoms with Crippen molar-refractivity contribution in [1.29, 1.82) is 0 Å². The molecule has 1 aromatic carbocycles. The molecular weight excluding hydrogens is 421 g/mol. The summed E-state index contributed by atoms with van der Waals surface area (Å²) in [5.41, 5.74) is -0.492.